The van der Waals surface area contributed by atoms with Crippen LogP contribution in [0.15, 0.2) is 30.5 Å². The first-order valence-electron chi connectivity index (χ1n) is 10.5. The van der Waals surface area contributed by atoms with Crippen LogP contribution in [0.1, 0.15) is 49.7 Å². The van der Waals surface area contributed by atoms with Crippen molar-refractivity contribution in [1.29, 1.82) is 0 Å². The molecule has 2 aromatic heterocycles. The minimum absolute atomic E-state index is 0.202. The summed E-state index contributed by atoms with van der Waals surface area (Å²) in [4.78, 5) is 31.6. The SMILES string of the molecule is COc1ccc(C2Cn3cc(C(=O)N(C)CCc4c(C)nn(C)c4C)nc3C(=O)N2)cc1. The molecule has 168 valence electrons. The average molecular weight is 437 g/mol. The number of amides is 2. The van der Waals surface area contributed by atoms with E-state index in [4.69, 9.17) is 4.74 Å². The van der Waals surface area contributed by atoms with Crippen molar-refractivity contribution in [3.63, 3.8) is 0 Å². The third-order valence-electron chi connectivity index (χ3n) is 6.10. The standard InChI is InChI=1S/C23H28N6O3/c1-14-18(15(2)28(4)26-14)10-11-27(3)23(31)20-13-29-12-19(25-22(30)21(29)24-20)16-6-8-17(32-5)9-7-16/h6-9,13,19H,10-12H2,1-5H3,(H,25,30). The van der Waals surface area contributed by atoms with Gasteiger partial charge in [0.05, 0.1) is 18.8 Å². The summed E-state index contributed by atoms with van der Waals surface area (Å²) >= 11 is 0. The number of methoxy groups -OCH3 is 1. The molecule has 4 rings (SSSR count). The van der Waals surface area contributed by atoms with Crippen LogP contribution in [-0.2, 0) is 20.0 Å². The van der Waals surface area contributed by atoms with Gasteiger partial charge in [-0.3, -0.25) is 14.3 Å². The van der Waals surface area contributed by atoms with E-state index in [1.807, 2.05) is 49.8 Å². The molecule has 1 unspecified atom stereocenters. The van der Waals surface area contributed by atoms with Gasteiger partial charge in [-0.1, -0.05) is 12.1 Å². The summed E-state index contributed by atoms with van der Waals surface area (Å²) in [5.74, 6) is 0.512. The zero-order valence-corrected chi connectivity index (χ0v) is 19.0. The molecule has 1 atom stereocenters. The van der Waals surface area contributed by atoms with Gasteiger partial charge in [0.2, 0.25) is 0 Å². The van der Waals surface area contributed by atoms with Crippen LogP contribution >= 0.6 is 0 Å². The number of rotatable bonds is 6. The van der Waals surface area contributed by atoms with E-state index < -0.39 is 0 Å². The number of nitrogens with zero attached hydrogens (tertiary/aromatic N) is 5. The van der Waals surface area contributed by atoms with Gasteiger partial charge in [-0.2, -0.15) is 5.10 Å². The van der Waals surface area contributed by atoms with Gasteiger partial charge in [0.15, 0.2) is 5.82 Å². The van der Waals surface area contributed by atoms with Crippen molar-refractivity contribution in [2.24, 2.45) is 7.05 Å². The summed E-state index contributed by atoms with van der Waals surface area (Å²) in [5.41, 5.74) is 4.46. The van der Waals surface area contributed by atoms with Crippen LogP contribution < -0.4 is 10.1 Å². The molecule has 9 nitrogen and oxygen atoms in total. The summed E-state index contributed by atoms with van der Waals surface area (Å²) < 4.78 is 8.81. The molecule has 0 bridgehead atoms. The van der Waals surface area contributed by atoms with E-state index in [0.717, 1.165) is 28.3 Å². The molecule has 0 saturated heterocycles. The van der Waals surface area contributed by atoms with E-state index in [0.29, 0.717) is 19.5 Å². The largest absolute Gasteiger partial charge is 0.497 e. The highest BCUT2D eigenvalue weighted by Crippen LogP contribution is 2.24. The third kappa shape index (κ3) is 3.98. The van der Waals surface area contributed by atoms with Gasteiger partial charge >= 0.3 is 0 Å². The van der Waals surface area contributed by atoms with Gasteiger partial charge < -0.3 is 19.5 Å². The number of likely N-dealkylation sites (N-methyl/N-ethyl adjacent to an activating group) is 1. The molecule has 1 aliphatic heterocycles. The molecule has 0 spiro atoms. The monoisotopic (exact) mass is 436 g/mol. The number of imidazole rings is 1. The highest BCUT2D eigenvalue weighted by molar-refractivity contribution is 5.96. The maximum atomic E-state index is 13.0. The molecule has 0 radical (unpaired) electrons. The average Bonchev–Trinajstić information content (AvgIpc) is 3.32. The van der Waals surface area contributed by atoms with Gasteiger partial charge in [0, 0.05) is 39.1 Å². The molecule has 0 fully saturated rings. The Bertz CT molecular complexity index is 1160. The quantitative estimate of drug-likeness (QED) is 0.638. The highest BCUT2D eigenvalue weighted by Gasteiger charge is 2.29. The van der Waals surface area contributed by atoms with Crippen LogP contribution in [0.5, 0.6) is 5.75 Å². The second-order valence-electron chi connectivity index (χ2n) is 8.15. The number of aryl methyl sites for hydroxylation is 2. The topological polar surface area (TPSA) is 94.3 Å². The van der Waals surface area contributed by atoms with Crippen molar-refractivity contribution in [2.75, 3.05) is 20.7 Å². The van der Waals surface area contributed by atoms with E-state index in [-0.39, 0.29) is 29.4 Å². The summed E-state index contributed by atoms with van der Waals surface area (Å²) in [6, 6.07) is 7.37. The zero-order valence-electron chi connectivity index (χ0n) is 19.0. The molecule has 0 saturated carbocycles. The van der Waals surface area contributed by atoms with Gasteiger partial charge in [0.1, 0.15) is 11.4 Å². The Morgan fingerprint density at radius 2 is 2.00 bits per heavy atom. The normalized spacial score (nSPS) is 15.3. The summed E-state index contributed by atoms with van der Waals surface area (Å²) in [6.07, 6.45) is 2.38. The van der Waals surface area contributed by atoms with Crippen LogP contribution in [-0.4, -0.2) is 56.7 Å². The molecule has 2 amide bonds. The lowest BCUT2D eigenvalue weighted by Gasteiger charge is -2.25. The predicted molar refractivity (Wildman–Crippen MR) is 119 cm³/mol. The molecule has 3 heterocycles. The number of ether oxygens (including phenoxy) is 1. The molecule has 9 heteroatoms. The van der Waals surface area contributed by atoms with Crippen LogP contribution in [0.3, 0.4) is 0 Å². The molecule has 0 aliphatic carbocycles. The Labute approximate surface area is 187 Å². The Balaban J connectivity index is 1.46. The Hall–Kier alpha value is -3.62. The number of hydrogen-bond donors (Lipinski definition) is 1. The molecule has 3 aromatic rings. The second-order valence-corrected chi connectivity index (χ2v) is 8.15. The lowest BCUT2D eigenvalue weighted by atomic mass is 10.1. The van der Waals surface area contributed by atoms with Crippen molar-refractivity contribution < 1.29 is 14.3 Å². The number of carbonyl (C=O) groups is 2. The van der Waals surface area contributed by atoms with Gasteiger partial charge in [-0.25, -0.2) is 4.98 Å². The predicted octanol–water partition coefficient (Wildman–Crippen LogP) is 2.04. The summed E-state index contributed by atoms with van der Waals surface area (Å²) in [5, 5.41) is 7.40. The summed E-state index contributed by atoms with van der Waals surface area (Å²) in [7, 11) is 5.28. The maximum Gasteiger partial charge on any atom is 0.287 e. The maximum absolute atomic E-state index is 13.0. The fourth-order valence-electron chi connectivity index (χ4n) is 4.09. The summed E-state index contributed by atoms with van der Waals surface area (Å²) in [6.45, 7) is 5.05. The van der Waals surface area contributed by atoms with E-state index in [9.17, 15) is 9.59 Å². The van der Waals surface area contributed by atoms with Gasteiger partial charge in [-0.15, -0.1) is 0 Å². The molecular formula is C23H28N6O3. The number of hydrogen-bond acceptors (Lipinski definition) is 5. The van der Waals surface area contributed by atoms with Crippen LogP contribution in [0.4, 0.5) is 0 Å². The van der Waals surface area contributed by atoms with E-state index in [1.165, 1.54) is 0 Å². The number of benzene rings is 1. The molecule has 1 aliphatic rings. The lowest BCUT2D eigenvalue weighted by Crippen LogP contribution is -2.38. The fraction of sp³-hybridized carbons (Fsp3) is 0.391. The van der Waals surface area contributed by atoms with Gasteiger partial charge in [0.25, 0.3) is 11.8 Å². The number of fused-ring (bicyclic) bond motifs is 1. The second kappa shape index (κ2) is 8.49. The molecule has 32 heavy (non-hydrogen) atoms. The van der Waals surface area contributed by atoms with Crippen molar-refractivity contribution in [3.05, 3.63) is 64.5 Å². The van der Waals surface area contributed by atoms with Crippen LogP contribution in [0.25, 0.3) is 0 Å². The molecule has 1 aromatic carbocycles. The van der Waals surface area contributed by atoms with Crippen LogP contribution in [0, 0.1) is 13.8 Å². The first-order valence-corrected chi connectivity index (χ1v) is 10.5. The molecular weight excluding hydrogens is 408 g/mol. The first-order chi connectivity index (χ1) is 15.3. The van der Waals surface area contributed by atoms with Crippen molar-refractivity contribution in [2.45, 2.75) is 32.9 Å². The number of nitrogens with one attached hydrogen (secondary N) is 1. The third-order valence-corrected chi connectivity index (χ3v) is 6.10. The number of carbonyl (C=O) groups excluding carboxylic acids is 2. The Morgan fingerprint density at radius 3 is 2.62 bits per heavy atom. The van der Waals surface area contributed by atoms with Crippen molar-refractivity contribution in [1.82, 2.24) is 29.5 Å². The van der Waals surface area contributed by atoms with E-state index >= 15 is 0 Å². The van der Waals surface area contributed by atoms with Crippen molar-refractivity contribution in [3.8, 4) is 5.75 Å². The van der Waals surface area contributed by atoms with Crippen LogP contribution in [0.2, 0.25) is 0 Å². The smallest absolute Gasteiger partial charge is 0.287 e. The Kier molecular flexibility index (Phi) is 5.73. The van der Waals surface area contributed by atoms with Gasteiger partial charge in [-0.05, 0) is 43.5 Å². The Morgan fingerprint density at radius 1 is 1.28 bits per heavy atom. The molecule has 1 N–H and O–H groups in total. The highest BCUT2D eigenvalue weighted by atomic mass is 16.5. The zero-order chi connectivity index (χ0) is 23.0. The number of aromatic nitrogens is 4. The van der Waals surface area contributed by atoms with E-state index in [2.05, 4.69) is 15.4 Å². The lowest BCUT2D eigenvalue weighted by molar-refractivity contribution is 0.0791. The minimum Gasteiger partial charge on any atom is -0.497 e. The minimum atomic E-state index is -0.291. The first kappa shape index (κ1) is 21.6. The van der Waals surface area contributed by atoms with E-state index in [1.54, 1.807) is 29.8 Å². The fourth-order valence-corrected chi connectivity index (χ4v) is 4.09. The van der Waals surface area contributed by atoms with Crippen molar-refractivity contribution >= 4 is 11.8 Å².